The number of allylic oxidation sites excluding steroid dienone is 2. The molecular formula is C29H28F3N3O2. The van der Waals surface area contributed by atoms with Crippen molar-refractivity contribution in [3.8, 4) is 11.6 Å². The number of pyridine rings is 2. The third-order valence-corrected chi connectivity index (χ3v) is 6.79. The molecule has 2 saturated carbocycles. The van der Waals surface area contributed by atoms with Crippen LogP contribution in [0.15, 0.2) is 72.6 Å². The predicted octanol–water partition coefficient (Wildman–Crippen LogP) is 7.46. The molecule has 37 heavy (non-hydrogen) atoms. The summed E-state index contributed by atoms with van der Waals surface area (Å²) in [6.45, 7) is 0. The number of nitrogens with one attached hydrogen (secondary N) is 1. The molecule has 2 heterocycles. The number of ether oxygens (including phenoxy) is 1. The first kappa shape index (κ1) is 25.0. The van der Waals surface area contributed by atoms with Gasteiger partial charge in [0.2, 0.25) is 11.8 Å². The number of amides is 1. The summed E-state index contributed by atoms with van der Waals surface area (Å²) in [6, 6.07) is 13.5. The lowest BCUT2D eigenvalue weighted by atomic mass is 9.84. The summed E-state index contributed by atoms with van der Waals surface area (Å²) in [5.74, 6) is 1.16. The Hall–Kier alpha value is -3.68. The summed E-state index contributed by atoms with van der Waals surface area (Å²) in [7, 11) is 0. The van der Waals surface area contributed by atoms with Gasteiger partial charge in [-0.25, -0.2) is 4.98 Å². The summed E-state index contributed by atoms with van der Waals surface area (Å²) in [5.41, 5.74) is 3.29. The van der Waals surface area contributed by atoms with Crippen molar-refractivity contribution in [1.82, 2.24) is 9.97 Å². The minimum Gasteiger partial charge on any atom is -0.439 e. The summed E-state index contributed by atoms with van der Waals surface area (Å²) in [5, 5.41) is 3.02. The molecule has 0 spiro atoms. The van der Waals surface area contributed by atoms with E-state index < -0.39 is 11.7 Å². The van der Waals surface area contributed by atoms with Crippen LogP contribution in [-0.2, 0) is 17.4 Å². The van der Waals surface area contributed by atoms with Crippen molar-refractivity contribution in [1.29, 1.82) is 0 Å². The van der Waals surface area contributed by atoms with E-state index in [-0.39, 0.29) is 17.7 Å². The summed E-state index contributed by atoms with van der Waals surface area (Å²) >= 11 is 0. The Bertz CT molecular complexity index is 1270. The lowest BCUT2D eigenvalue weighted by molar-refractivity contribution is -0.137. The molecule has 3 aromatic rings. The predicted molar refractivity (Wildman–Crippen MR) is 134 cm³/mol. The van der Waals surface area contributed by atoms with Gasteiger partial charge in [0.1, 0.15) is 5.75 Å². The van der Waals surface area contributed by atoms with Gasteiger partial charge in [-0.15, -0.1) is 0 Å². The smallest absolute Gasteiger partial charge is 0.417 e. The summed E-state index contributed by atoms with van der Waals surface area (Å²) in [6.07, 6.45) is 6.83. The van der Waals surface area contributed by atoms with Crippen molar-refractivity contribution in [3.63, 3.8) is 0 Å². The van der Waals surface area contributed by atoms with Crippen LogP contribution in [0.2, 0.25) is 0 Å². The number of alkyl halides is 3. The number of hydrogen-bond acceptors (Lipinski definition) is 4. The van der Waals surface area contributed by atoms with Crippen LogP contribution in [0.5, 0.6) is 11.6 Å². The summed E-state index contributed by atoms with van der Waals surface area (Å²) in [4.78, 5) is 21.1. The Morgan fingerprint density at radius 3 is 2.62 bits per heavy atom. The van der Waals surface area contributed by atoms with E-state index in [1.165, 1.54) is 24.5 Å². The Balaban J connectivity index is 1.16. The van der Waals surface area contributed by atoms with Gasteiger partial charge in [0.25, 0.3) is 0 Å². The number of aromatic nitrogens is 2. The second-order valence-corrected chi connectivity index (χ2v) is 9.73. The maximum absolute atomic E-state index is 12.9. The van der Waals surface area contributed by atoms with E-state index in [9.17, 15) is 18.0 Å². The molecule has 5 rings (SSSR count). The first-order valence-corrected chi connectivity index (χ1v) is 12.6. The fraction of sp³-hybridized carbons (Fsp3) is 0.345. The molecule has 0 saturated heterocycles. The average Bonchev–Trinajstić information content (AvgIpc) is 3.74. The molecule has 5 nitrogen and oxygen atoms in total. The van der Waals surface area contributed by atoms with E-state index in [1.54, 1.807) is 12.3 Å². The molecule has 0 bridgehead atoms. The number of carbonyl (C=O) groups excluding carboxylic acids is 1. The molecule has 1 unspecified atom stereocenters. The Kier molecular flexibility index (Phi) is 7.26. The van der Waals surface area contributed by atoms with E-state index in [1.807, 2.05) is 30.3 Å². The molecule has 192 valence electrons. The van der Waals surface area contributed by atoms with Crippen molar-refractivity contribution in [2.45, 2.75) is 57.0 Å². The average molecular weight is 508 g/mol. The van der Waals surface area contributed by atoms with Crippen LogP contribution in [-0.4, -0.2) is 15.9 Å². The largest absolute Gasteiger partial charge is 0.439 e. The second-order valence-electron chi connectivity index (χ2n) is 9.73. The quantitative estimate of drug-likeness (QED) is 0.337. The molecule has 1 amide bonds. The zero-order chi connectivity index (χ0) is 25.8. The number of halogens is 3. The number of anilines is 1. The third kappa shape index (κ3) is 6.76. The van der Waals surface area contributed by atoms with Gasteiger partial charge < -0.3 is 10.1 Å². The standard InChI is InChI=1S/C29H28F3N3O2/c30-29(31,32)23-11-14-27(34-17-23)37-25-6-2-4-20(16-25)8-7-19-3-1-5-22(15-19)28(36)35-24-12-13-26(33-18-24)21-9-10-21/h2,4,6-7,11-14,16-18,21-22H,1,3,5,8-10,15H2,(H,35,36)/b19-7+. The topological polar surface area (TPSA) is 64.1 Å². The highest BCUT2D eigenvalue weighted by molar-refractivity contribution is 5.92. The first-order chi connectivity index (χ1) is 17.8. The Morgan fingerprint density at radius 2 is 1.92 bits per heavy atom. The normalized spacial score (nSPS) is 19.0. The van der Waals surface area contributed by atoms with Gasteiger partial charge >= 0.3 is 6.18 Å². The minimum atomic E-state index is -4.43. The number of nitrogens with zero attached hydrogens (tertiary/aromatic N) is 2. The number of carbonyl (C=O) groups is 1. The number of rotatable bonds is 7. The molecule has 8 heteroatoms. The highest BCUT2D eigenvalue weighted by Gasteiger charge is 2.31. The Labute approximate surface area is 213 Å². The molecule has 0 radical (unpaired) electrons. The molecule has 1 atom stereocenters. The highest BCUT2D eigenvalue weighted by Crippen LogP contribution is 2.39. The lowest BCUT2D eigenvalue weighted by Crippen LogP contribution is -2.25. The molecule has 0 aliphatic heterocycles. The van der Waals surface area contributed by atoms with Gasteiger partial charge in [0.05, 0.1) is 17.4 Å². The SMILES string of the molecule is O=C(Nc1ccc(C2CC2)nc1)C1CCC/C(=C\Cc2cccc(Oc3ccc(C(F)(F)F)cn3)c2)C1. The van der Waals surface area contributed by atoms with Gasteiger partial charge in [-0.1, -0.05) is 23.8 Å². The molecule has 2 aliphatic carbocycles. The molecule has 2 fully saturated rings. The van der Waals surface area contributed by atoms with E-state index in [2.05, 4.69) is 21.4 Å². The van der Waals surface area contributed by atoms with Crippen molar-refractivity contribution in [2.24, 2.45) is 5.92 Å². The van der Waals surface area contributed by atoms with Crippen LogP contribution < -0.4 is 10.1 Å². The maximum atomic E-state index is 12.9. The molecule has 2 aliphatic rings. The summed E-state index contributed by atoms with van der Waals surface area (Å²) < 4.78 is 43.8. The highest BCUT2D eigenvalue weighted by atomic mass is 19.4. The van der Waals surface area contributed by atoms with E-state index in [0.717, 1.165) is 54.9 Å². The van der Waals surface area contributed by atoms with Gasteiger partial charge in [0, 0.05) is 29.8 Å². The molecule has 1 aromatic carbocycles. The van der Waals surface area contributed by atoms with E-state index in [4.69, 9.17) is 4.74 Å². The third-order valence-electron chi connectivity index (χ3n) is 6.79. The second kappa shape index (κ2) is 10.7. The number of hydrogen-bond donors (Lipinski definition) is 1. The maximum Gasteiger partial charge on any atom is 0.417 e. The molecule has 1 N–H and O–H groups in total. The van der Waals surface area contributed by atoms with Crippen molar-refractivity contribution in [3.05, 3.63) is 89.4 Å². The number of benzene rings is 1. The van der Waals surface area contributed by atoms with Crippen LogP contribution >= 0.6 is 0 Å². The van der Waals surface area contributed by atoms with E-state index in [0.29, 0.717) is 18.1 Å². The van der Waals surface area contributed by atoms with Crippen molar-refractivity contribution < 1.29 is 22.7 Å². The van der Waals surface area contributed by atoms with Crippen LogP contribution in [0, 0.1) is 5.92 Å². The van der Waals surface area contributed by atoms with Crippen molar-refractivity contribution in [2.75, 3.05) is 5.32 Å². The fourth-order valence-electron chi connectivity index (χ4n) is 4.58. The fourth-order valence-corrected chi connectivity index (χ4v) is 4.58. The molecular weight excluding hydrogens is 479 g/mol. The van der Waals surface area contributed by atoms with Gasteiger partial charge in [-0.2, -0.15) is 13.2 Å². The van der Waals surface area contributed by atoms with Crippen LogP contribution in [0.4, 0.5) is 18.9 Å². The van der Waals surface area contributed by atoms with Crippen LogP contribution in [0.25, 0.3) is 0 Å². The lowest BCUT2D eigenvalue weighted by Gasteiger charge is -2.23. The van der Waals surface area contributed by atoms with Crippen LogP contribution in [0.1, 0.15) is 61.3 Å². The zero-order valence-corrected chi connectivity index (χ0v) is 20.3. The monoisotopic (exact) mass is 507 g/mol. The van der Waals surface area contributed by atoms with Crippen molar-refractivity contribution >= 4 is 11.6 Å². The van der Waals surface area contributed by atoms with Gasteiger partial charge in [-0.05, 0) is 80.8 Å². The van der Waals surface area contributed by atoms with Gasteiger partial charge in [0.15, 0.2) is 0 Å². The first-order valence-electron chi connectivity index (χ1n) is 12.6. The zero-order valence-electron chi connectivity index (χ0n) is 20.3. The van der Waals surface area contributed by atoms with Gasteiger partial charge in [-0.3, -0.25) is 9.78 Å². The van der Waals surface area contributed by atoms with Crippen LogP contribution in [0.3, 0.4) is 0 Å². The Morgan fingerprint density at radius 1 is 1.05 bits per heavy atom. The minimum absolute atomic E-state index is 0.0333. The molecule has 2 aromatic heterocycles. The van der Waals surface area contributed by atoms with E-state index >= 15 is 0 Å².